The van der Waals surface area contributed by atoms with Crippen molar-refractivity contribution in [2.75, 3.05) is 33.6 Å². The van der Waals surface area contributed by atoms with E-state index in [4.69, 9.17) is 28.4 Å². The molecule has 4 aliphatic rings. The van der Waals surface area contributed by atoms with Crippen LogP contribution < -0.4 is 14.2 Å². The van der Waals surface area contributed by atoms with Gasteiger partial charge in [0.15, 0.2) is 17.6 Å². The molecule has 0 aromatic heterocycles. The Morgan fingerprint density at radius 3 is 2.55 bits per heavy atom. The average molecular weight is 640 g/mol. The van der Waals surface area contributed by atoms with E-state index in [-0.39, 0.29) is 31.3 Å². The lowest BCUT2D eigenvalue weighted by molar-refractivity contribution is -0.160. The largest absolute Gasteiger partial charge is 0.497 e. The lowest BCUT2D eigenvalue weighted by atomic mass is 9.77. The van der Waals surface area contributed by atoms with Gasteiger partial charge in [-0.1, -0.05) is 42.5 Å². The summed E-state index contributed by atoms with van der Waals surface area (Å²) in [6.45, 7) is 4.49. The first-order valence-corrected chi connectivity index (χ1v) is 16.5. The number of ether oxygens (including phenoxy) is 6. The maximum absolute atomic E-state index is 14.2. The Bertz CT molecular complexity index is 1640. The number of hydrogen-bond donors (Lipinski definition) is 0. The maximum Gasteiger partial charge on any atom is 0.310 e. The molecule has 1 fully saturated rings. The third kappa shape index (κ3) is 6.16. The van der Waals surface area contributed by atoms with Gasteiger partial charge >= 0.3 is 11.9 Å². The zero-order valence-corrected chi connectivity index (χ0v) is 26.9. The van der Waals surface area contributed by atoms with E-state index in [0.29, 0.717) is 24.5 Å². The molecular formula is C38H41NO8. The van der Waals surface area contributed by atoms with E-state index in [0.717, 1.165) is 66.1 Å². The smallest absolute Gasteiger partial charge is 0.310 e. The second kappa shape index (κ2) is 13.3. The second-order valence-electron chi connectivity index (χ2n) is 12.7. The standard InChI is InChI=1S/C38H41NO8/c1-3-43-34(40)20-28(18-25-10-12-29(13-11-25)44-23-26-8-5-4-6-9-26)37(41)47-36-33(42-2)22-38-15-7-16-39(38)17-14-27-19-31-32(46-24-45-31)21-30(27)35(36)38/h4-6,8-13,19,21-22,28,35-36H,3,7,14-18,20,23-24H2,1-2H3/t28-,35+,36+,38-/m0/s1. The summed E-state index contributed by atoms with van der Waals surface area (Å²) >= 11 is 0. The number of carbonyl (C=O) groups is 2. The molecule has 9 heteroatoms. The minimum atomic E-state index is -0.749. The molecule has 3 aliphatic heterocycles. The van der Waals surface area contributed by atoms with Gasteiger partial charge in [0.2, 0.25) is 6.79 Å². The van der Waals surface area contributed by atoms with Crippen molar-refractivity contribution in [1.82, 2.24) is 4.90 Å². The van der Waals surface area contributed by atoms with Crippen molar-refractivity contribution < 1.29 is 38.0 Å². The zero-order chi connectivity index (χ0) is 32.4. The highest BCUT2D eigenvalue weighted by Gasteiger charge is 2.58. The molecule has 47 heavy (non-hydrogen) atoms. The molecule has 0 unspecified atom stereocenters. The van der Waals surface area contributed by atoms with Crippen LogP contribution in [-0.4, -0.2) is 62.1 Å². The molecule has 7 rings (SSSR count). The summed E-state index contributed by atoms with van der Waals surface area (Å²) in [7, 11) is 1.63. The third-order valence-electron chi connectivity index (χ3n) is 9.91. The molecule has 0 amide bonds. The number of methoxy groups -OCH3 is 1. The Morgan fingerprint density at radius 2 is 1.79 bits per heavy atom. The third-order valence-corrected chi connectivity index (χ3v) is 9.91. The summed E-state index contributed by atoms with van der Waals surface area (Å²) in [6.07, 6.45) is 4.57. The quantitative estimate of drug-likeness (QED) is 0.244. The Balaban J connectivity index is 1.14. The Labute approximate surface area is 275 Å². The average Bonchev–Trinajstić information content (AvgIpc) is 3.78. The molecule has 1 saturated heterocycles. The predicted octanol–water partition coefficient (Wildman–Crippen LogP) is 5.74. The van der Waals surface area contributed by atoms with Crippen LogP contribution in [0.2, 0.25) is 0 Å². The van der Waals surface area contributed by atoms with Gasteiger partial charge in [-0.15, -0.1) is 0 Å². The predicted molar refractivity (Wildman–Crippen MR) is 173 cm³/mol. The van der Waals surface area contributed by atoms with E-state index < -0.39 is 24.0 Å². The summed E-state index contributed by atoms with van der Waals surface area (Å²) in [6, 6.07) is 21.7. The van der Waals surface area contributed by atoms with Crippen molar-refractivity contribution in [3.63, 3.8) is 0 Å². The molecule has 0 radical (unpaired) electrons. The van der Waals surface area contributed by atoms with Crippen molar-refractivity contribution in [2.45, 2.75) is 63.2 Å². The molecule has 0 saturated carbocycles. The van der Waals surface area contributed by atoms with Gasteiger partial charge in [0.1, 0.15) is 18.1 Å². The Morgan fingerprint density at radius 1 is 1.00 bits per heavy atom. The van der Waals surface area contributed by atoms with Crippen molar-refractivity contribution in [3.8, 4) is 17.2 Å². The van der Waals surface area contributed by atoms with Crippen LogP contribution in [0.25, 0.3) is 0 Å². The molecule has 246 valence electrons. The molecule has 1 aliphatic carbocycles. The number of fused-ring (bicyclic) bond motifs is 3. The molecule has 0 bridgehead atoms. The van der Waals surface area contributed by atoms with E-state index in [2.05, 4.69) is 23.1 Å². The van der Waals surface area contributed by atoms with Gasteiger partial charge < -0.3 is 28.4 Å². The minimum Gasteiger partial charge on any atom is -0.497 e. The summed E-state index contributed by atoms with van der Waals surface area (Å²) in [5, 5.41) is 0. The first kappa shape index (κ1) is 31.1. The van der Waals surface area contributed by atoms with Gasteiger partial charge in [-0.25, -0.2) is 0 Å². The van der Waals surface area contributed by atoms with Crippen LogP contribution in [-0.2, 0) is 43.2 Å². The lowest BCUT2D eigenvalue weighted by Gasteiger charge is -2.39. The van der Waals surface area contributed by atoms with E-state index >= 15 is 0 Å². The Kier molecular flexibility index (Phi) is 8.82. The van der Waals surface area contributed by atoms with Gasteiger partial charge in [-0.3, -0.25) is 14.5 Å². The molecule has 3 heterocycles. The molecule has 1 spiro atoms. The van der Waals surface area contributed by atoms with E-state index in [1.807, 2.05) is 54.6 Å². The van der Waals surface area contributed by atoms with Crippen molar-refractivity contribution in [1.29, 1.82) is 0 Å². The van der Waals surface area contributed by atoms with Gasteiger partial charge in [0.25, 0.3) is 0 Å². The minimum absolute atomic E-state index is 0.0884. The number of benzene rings is 3. The van der Waals surface area contributed by atoms with Gasteiger partial charge in [-0.05, 0) is 91.7 Å². The van der Waals surface area contributed by atoms with Crippen molar-refractivity contribution in [3.05, 3.63) is 101 Å². The van der Waals surface area contributed by atoms with Crippen LogP contribution >= 0.6 is 0 Å². The second-order valence-corrected chi connectivity index (χ2v) is 12.7. The fourth-order valence-electron chi connectivity index (χ4n) is 7.72. The van der Waals surface area contributed by atoms with E-state index in [1.165, 1.54) is 0 Å². The van der Waals surface area contributed by atoms with Crippen LogP contribution in [0.4, 0.5) is 0 Å². The normalized spacial score (nSPS) is 23.1. The van der Waals surface area contributed by atoms with E-state index in [1.54, 1.807) is 14.0 Å². The monoisotopic (exact) mass is 639 g/mol. The summed E-state index contributed by atoms with van der Waals surface area (Å²) < 4.78 is 35.2. The Hall–Kier alpha value is -4.50. The van der Waals surface area contributed by atoms with E-state index in [9.17, 15) is 9.59 Å². The van der Waals surface area contributed by atoms with Crippen LogP contribution in [0.1, 0.15) is 54.4 Å². The van der Waals surface area contributed by atoms with Crippen LogP contribution in [0.15, 0.2) is 78.6 Å². The van der Waals surface area contributed by atoms with Crippen LogP contribution in [0.5, 0.6) is 17.2 Å². The molecule has 3 aromatic rings. The first-order valence-electron chi connectivity index (χ1n) is 16.5. The van der Waals surface area contributed by atoms with Gasteiger partial charge in [0, 0.05) is 6.54 Å². The first-order chi connectivity index (χ1) is 23.0. The SMILES string of the molecule is CCOC(=O)C[C@H](Cc1ccc(OCc2ccccc2)cc1)C(=O)O[C@@H]1C(OC)=C[C@]23CCCN2CCc2cc4c(cc2[C@H]13)OCO4. The number of carbonyl (C=O) groups excluding carboxylic acids is 2. The van der Waals surface area contributed by atoms with Gasteiger partial charge in [-0.2, -0.15) is 0 Å². The van der Waals surface area contributed by atoms with Crippen molar-refractivity contribution in [2.24, 2.45) is 5.92 Å². The fraction of sp³-hybridized carbons (Fsp3) is 0.421. The highest BCUT2D eigenvalue weighted by Crippen LogP contribution is 2.55. The molecule has 3 aromatic carbocycles. The molecule has 9 nitrogen and oxygen atoms in total. The number of nitrogens with zero attached hydrogens (tertiary/aromatic N) is 1. The maximum atomic E-state index is 14.2. The zero-order valence-electron chi connectivity index (χ0n) is 26.9. The highest BCUT2D eigenvalue weighted by atomic mass is 16.7. The molecular weight excluding hydrogens is 598 g/mol. The number of hydrogen-bond acceptors (Lipinski definition) is 9. The lowest BCUT2D eigenvalue weighted by Crippen LogP contribution is -2.47. The number of rotatable bonds is 11. The van der Waals surface area contributed by atoms with Crippen LogP contribution in [0.3, 0.4) is 0 Å². The topological polar surface area (TPSA) is 92.8 Å². The highest BCUT2D eigenvalue weighted by molar-refractivity contribution is 5.80. The number of esters is 2. The fourth-order valence-corrected chi connectivity index (χ4v) is 7.72. The molecule has 0 N–H and O–H groups in total. The molecule has 4 atom stereocenters. The van der Waals surface area contributed by atoms with Crippen LogP contribution in [0, 0.1) is 5.92 Å². The van der Waals surface area contributed by atoms with Crippen molar-refractivity contribution >= 4 is 11.9 Å². The summed E-state index contributed by atoms with van der Waals surface area (Å²) in [5.74, 6) is 0.982. The van der Waals surface area contributed by atoms with Gasteiger partial charge in [0.05, 0.1) is 37.5 Å². The summed E-state index contributed by atoms with van der Waals surface area (Å²) in [5.41, 5.74) is 3.88. The summed E-state index contributed by atoms with van der Waals surface area (Å²) in [4.78, 5) is 29.4.